The lowest BCUT2D eigenvalue weighted by molar-refractivity contribution is -0.126. The van der Waals surface area contributed by atoms with Crippen LogP contribution in [0, 0.1) is 5.92 Å². The number of aromatic amines is 1. The Morgan fingerprint density at radius 1 is 1.21 bits per heavy atom. The second-order valence-corrected chi connectivity index (χ2v) is 5.83. The predicted molar refractivity (Wildman–Crippen MR) is 72.3 cm³/mol. The van der Waals surface area contributed by atoms with Crippen LogP contribution in [0.2, 0.25) is 0 Å². The summed E-state index contributed by atoms with van der Waals surface area (Å²) in [6.07, 6.45) is 8.83. The van der Waals surface area contributed by atoms with Crippen LogP contribution in [0.25, 0.3) is 0 Å². The molecular weight excluding hydrogens is 240 g/mol. The van der Waals surface area contributed by atoms with Crippen molar-refractivity contribution in [1.82, 2.24) is 15.6 Å². The fourth-order valence-corrected chi connectivity index (χ4v) is 3.59. The molecule has 1 heterocycles. The van der Waals surface area contributed by atoms with Gasteiger partial charge in [0.15, 0.2) is 0 Å². The Morgan fingerprint density at radius 2 is 1.95 bits per heavy atom. The van der Waals surface area contributed by atoms with Gasteiger partial charge in [0.2, 0.25) is 5.91 Å². The molecule has 1 saturated carbocycles. The van der Waals surface area contributed by atoms with E-state index in [9.17, 15) is 4.79 Å². The van der Waals surface area contributed by atoms with Crippen molar-refractivity contribution >= 4 is 5.91 Å². The third kappa shape index (κ3) is 2.39. The van der Waals surface area contributed by atoms with Gasteiger partial charge in [0.05, 0.1) is 5.69 Å². The third-order valence-electron chi connectivity index (χ3n) is 4.72. The number of H-pyrrole nitrogens is 1. The summed E-state index contributed by atoms with van der Waals surface area (Å²) in [6, 6.07) is 0. The highest BCUT2D eigenvalue weighted by Gasteiger charge is 2.30. The van der Waals surface area contributed by atoms with Gasteiger partial charge in [-0.1, -0.05) is 0 Å². The smallest absolute Gasteiger partial charge is 0.236 e. The van der Waals surface area contributed by atoms with Gasteiger partial charge in [-0.15, -0.1) is 0 Å². The van der Waals surface area contributed by atoms with Crippen molar-refractivity contribution in [3.8, 4) is 0 Å². The molecule has 4 N–H and O–H groups in total. The average molecular weight is 262 g/mol. The van der Waals surface area contributed by atoms with Gasteiger partial charge in [-0.2, -0.15) is 5.10 Å². The van der Waals surface area contributed by atoms with Crippen LogP contribution in [-0.2, 0) is 17.6 Å². The van der Waals surface area contributed by atoms with Crippen LogP contribution in [0.1, 0.15) is 61.4 Å². The summed E-state index contributed by atoms with van der Waals surface area (Å²) in [5.41, 5.74) is 6.37. The van der Waals surface area contributed by atoms with E-state index in [1.165, 1.54) is 36.2 Å². The Kier molecular flexibility index (Phi) is 3.55. The molecular formula is C14H22N4O. The summed E-state index contributed by atoms with van der Waals surface area (Å²) in [7, 11) is 0. The van der Waals surface area contributed by atoms with E-state index in [1.807, 2.05) is 0 Å². The number of aromatic nitrogens is 2. The topological polar surface area (TPSA) is 83.8 Å². The van der Waals surface area contributed by atoms with Crippen molar-refractivity contribution < 1.29 is 4.79 Å². The largest absolute Gasteiger partial charge is 0.294 e. The van der Waals surface area contributed by atoms with Crippen molar-refractivity contribution in [2.75, 3.05) is 0 Å². The quantitative estimate of drug-likeness (QED) is 0.429. The summed E-state index contributed by atoms with van der Waals surface area (Å²) in [6.45, 7) is 0. The van der Waals surface area contributed by atoms with E-state index in [2.05, 4.69) is 15.6 Å². The van der Waals surface area contributed by atoms with Crippen molar-refractivity contribution in [1.29, 1.82) is 0 Å². The zero-order valence-corrected chi connectivity index (χ0v) is 11.2. The molecule has 0 aromatic carbocycles. The number of carbonyl (C=O) groups is 1. The summed E-state index contributed by atoms with van der Waals surface area (Å²) >= 11 is 0. The maximum atomic E-state index is 11.5. The number of rotatable bonds is 2. The summed E-state index contributed by atoms with van der Waals surface area (Å²) < 4.78 is 0. The first-order valence-electron chi connectivity index (χ1n) is 7.36. The van der Waals surface area contributed by atoms with Gasteiger partial charge in [0.25, 0.3) is 0 Å². The molecule has 2 aliphatic carbocycles. The molecule has 0 aliphatic heterocycles. The minimum absolute atomic E-state index is 0.0116. The number of hydrogen-bond acceptors (Lipinski definition) is 3. The highest BCUT2D eigenvalue weighted by Crippen LogP contribution is 2.38. The summed E-state index contributed by atoms with van der Waals surface area (Å²) in [5.74, 6) is 5.82. The summed E-state index contributed by atoms with van der Waals surface area (Å²) in [4.78, 5) is 11.5. The average Bonchev–Trinajstić information content (AvgIpc) is 2.90. The van der Waals surface area contributed by atoms with E-state index in [-0.39, 0.29) is 11.8 Å². The molecule has 5 heteroatoms. The van der Waals surface area contributed by atoms with E-state index < -0.39 is 0 Å². The van der Waals surface area contributed by atoms with Crippen LogP contribution in [0.15, 0.2) is 0 Å². The van der Waals surface area contributed by atoms with Crippen LogP contribution < -0.4 is 11.3 Å². The molecule has 0 unspecified atom stereocenters. The number of amides is 1. The zero-order valence-electron chi connectivity index (χ0n) is 11.2. The highest BCUT2D eigenvalue weighted by molar-refractivity contribution is 5.78. The predicted octanol–water partition coefficient (Wildman–Crippen LogP) is 1.55. The summed E-state index contributed by atoms with van der Waals surface area (Å²) in [5, 5.41) is 7.78. The lowest BCUT2D eigenvalue weighted by Crippen LogP contribution is -2.37. The maximum absolute atomic E-state index is 11.5. The molecule has 0 spiro atoms. The van der Waals surface area contributed by atoms with Crippen molar-refractivity contribution in [3.63, 3.8) is 0 Å². The maximum Gasteiger partial charge on any atom is 0.236 e. The van der Waals surface area contributed by atoms with Crippen molar-refractivity contribution in [3.05, 3.63) is 17.0 Å². The van der Waals surface area contributed by atoms with E-state index in [0.717, 1.165) is 32.1 Å². The molecule has 1 fully saturated rings. The van der Waals surface area contributed by atoms with Gasteiger partial charge in [-0.3, -0.25) is 15.3 Å². The van der Waals surface area contributed by atoms with Crippen LogP contribution in [-0.4, -0.2) is 16.1 Å². The number of hydrazine groups is 1. The molecule has 0 bridgehead atoms. The van der Waals surface area contributed by atoms with Gasteiger partial charge in [0, 0.05) is 17.5 Å². The third-order valence-corrected chi connectivity index (χ3v) is 4.72. The number of nitrogens with one attached hydrogen (secondary N) is 2. The van der Waals surface area contributed by atoms with E-state index in [1.54, 1.807) is 0 Å². The van der Waals surface area contributed by atoms with Gasteiger partial charge in [0.1, 0.15) is 0 Å². The molecule has 1 amide bonds. The second kappa shape index (κ2) is 5.33. The van der Waals surface area contributed by atoms with Crippen LogP contribution in [0.3, 0.4) is 0 Å². The molecule has 19 heavy (non-hydrogen) atoms. The lowest BCUT2D eigenvalue weighted by Gasteiger charge is -2.27. The Labute approximate surface area is 113 Å². The molecule has 5 nitrogen and oxygen atoms in total. The van der Waals surface area contributed by atoms with Crippen LogP contribution >= 0.6 is 0 Å². The van der Waals surface area contributed by atoms with Crippen molar-refractivity contribution in [2.24, 2.45) is 11.8 Å². The zero-order chi connectivity index (χ0) is 13.2. The molecule has 0 radical (unpaired) electrons. The number of nitrogens with two attached hydrogens (primary N) is 1. The van der Waals surface area contributed by atoms with Gasteiger partial charge in [-0.25, -0.2) is 5.84 Å². The number of carbonyl (C=O) groups excluding carboxylic acids is 1. The standard InChI is InChI=1S/C14H22N4O/c15-16-14(19)10-7-5-9(6-8-10)13-11-3-1-2-4-12(11)17-18-13/h9-10H,1-8,15H2,(H,16,19)(H,17,18)/t9-,10-. The van der Waals surface area contributed by atoms with Crippen LogP contribution in [0.4, 0.5) is 0 Å². The Hall–Kier alpha value is -1.36. The minimum Gasteiger partial charge on any atom is -0.294 e. The van der Waals surface area contributed by atoms with E-state index >= 15 is 0 Å². The van der Waals surface area contributed by atoms with E-state index in [4.69, 9.17) is 5.84 Å². The Bertz CT molecular complexity index is 460. The normalized spacial score (nSPS) is 26.8. The molecule has 0 saturated heterocycles. The SMILES string of the molecule is NNC(=O)[C@H]1CC[C@H](c2n[nH]c3c2CCCC3)CC1. The molecule has 104 valence electrons. The number of aryl methyl sites for hydroxylation is 1. The molecule has 0 atom stereocenters. The lowest BCUT2D eigenvalue weighted by atomic mass is 9.78. The highest BCUT2D eigenvalue weighted by atomic mass is 16.2. The second-order valence-electron chi connectivity index (χ2n) is 5.83. The van der Waals surface area contributed by atoms with E-state index in [0.29, 0.717) is 5.92 Å². The minimum atomic E-state index is -0.0116. The number of hydrogen-bond donors (Lipinski definition) is 3. The molecule has 1 aromatic rings. The fraction of sp³-hybridized carbons (Fsp3) is 0.714. The molecule has 1 aromatic heterocycles. The Balaban J connectivity index is 1.68. The van der Waals surface area contributed by atoms with Gasteiger partial charge >= 0.3 is 0 Å². The molecule has 3 rings (SSSR count). The molecule has 2 aliphatic rings. The first-order valence-corrected chi connectivity index (χ1v) is 7.36. The number of fused-ring (bicyclic) bond motifs is 1. The van der Waals surface area contributed by atoms with Crippen molar-refractivity contribution in [2.45, 2.75) is 57.3 Å². The number of nitrogens with zero attached hydrogens (tertiary/aromatic N) is 1. The Morgan fingerprint density at radius 3 is 2.68 bits per heavy atom. The monoisotopic (exact) mass is 262 g/mol. The van der Waals surface area contributed by atoms with Gasteiger partial charge < -0.3 is 0 Å². The van der Waals surface area contributed by atoms with Crippen LogP contribution in [0.5, 0.6) is 0 Å². The fourth-order valence-electron chi connectivity index (χ4n) is 3.59. The van der Waals surface area contributed by atoms with Gasteiger partial charge in [-0.05, 0) is 56.9 Å². The first-order chi connectivity index (χ1) is 9.29. The first kappa shape index (κ1) is 12.7.